The Morgan fingerprint density at radius 1 is 1.23 bits per heavy atom. The molecule has 0 aliphatic rings. The van der Waals surface area contributed by atoms with Crippen LogP contribution in [-0.4, -0.2) is 20.0 Å². The van der Waals surface area contributed by atoms with Crippen LogP contribution in [-0.2, 0) is 19.6 Å². The fourth-order valence-corrected chi connectivity index (χ4v) is 2.26. The lowest BCUT2D eigenvalue weighted by molar-refractivity contribution is 0.616. The number of halogens is 1. The van der Waals surface area contributed by atoms with E-state index in [0.717, 1.165) is 17.9 Å². The monoisotopic (exact) mass is 299 g/mol. The molecule has 0 spiro atoms. The molecule has 1 aromatic carbocycles. The second-order valence-electron chi connectivity index (χ2n) is 5.02. The molecule has 0 bridgehead atoms. The Morgan fingerprint density at radius 2 is 2.09 bits per heavy atom. The van der Waals surface area contributed by atoms with Gasteiger partial charge in [-0.3, -0.25) is 9.78 Å². The van der Waals surface area contributed by atoms with Crippen LogP contribution in [0.25, 0.3) is 11.3 Å². The smallest absolute Gasteiger partial charge is 0.132 e. The van der Waals surface area contributed by atoms with Gasteiger partial charge in [0.05, 0.1) is 11.4 Å². The molecule has 22 heavy (non-hydrogen) atoms. The maximum atomic E-state index is 13.7. The average molecular weight is 299 g/mol. The van der Waals surface area contributed by atoms with E-state index in [1.165, 1.54) is 6.07 Å². The second kappa shape index (κ2) is 6.53. The number of nitrogens with one attached hydrogen (secondary N) is 2. The molecular weight excluding hydrogens is 281 g/mol. The van der Waals surface area contributed by atoms with Crippen LogP contribution in [0, 0.1) is 5.82 Å². The standard InChI is InChI=1S/C16H18FN5/c1-2-22-8-7-12(21-22)10-18-11-13-9-16(20-19-13)14-5-3-4-6-15(14)17/h3-9,18H,2,10-11H2,1H3,(H,19,20). The van der Waals surface area contributed by atoms with Crippen LogP contribution in [0.4, 0.5) is 4.39 Å². The summed E-state index contributed by atoms with van der Waals surface area (Å²) in [5.74, 6) is -0.265. The minimum Gasteiger partial charge on any atom is -0.305 e. The first kappa shape index (κ1) is 14.5. The topological polar surface area (TPSA) is 58.5 Å². The van der Waals surface area contributed by atoms with Crippen molar-refractivity contribution in [1.82, 2.24) is 25.3 Å². The molecule has 0 saturated heterocycles. The Balaban J connectivity index is 1.59. The van der Waals surface area contributed by atoms with Gasteiger partial charge in [0, 0.05) is 37.1 Å². The molecule has 0 saturated carbocycles. The lowest BCUT2D eigenvalue weighted by atomic mass is 10.1. The highest BCUT2D eigenvalue weighted by Gasteiger charge is 2.08. The summed E-state index contributed by atoms with van der Waals surface area (Å²) in [7, 11) is 0. The lowest BCUT2D eigenvalue weighted by Crippen LogP contribution is -2.13. The van der Waals surface area contributed by atoms with Crippen molar-refractivity contribution in [3.63, 3.8) is 0 Å². The zero-order chi connectivity index (χ0) is 15.4. The molecule has 3 aromatic rings. The highest BCUT2D eigenvalue weighted by atomic mass is 19.1. The third kappa shape index (κ3) is 3.23. The van der Waals surface area contributed by atoms with Gasteiger partial charge in [-0.25, -0.2) is 4.39 Å². The first-order valence-electron chi connectivity index (χ1n) is 7.28. The van der Waals surface area contributed by atoms with Crippen molar-refractivity contribution in [2.24, 2.45) is 0 Å². The van der Waals surface area contributed by atoms with Crippen LogP contribution in [0.3, 0.4) is 0 Å². The van der Waals surface area contributed by atoms with E-state index in [-0.39, 0.29) is 5.82 Å². The van der Waals surface area contributed by atoms with E-state index in [9.17, 15) is 4.39 Å². The number of hydrogen-bond acceptors (Lipinski definition) is 3. The normalized spacial score (nSPS) is 11.0. The van der Waals surface area contributed by atoms with Gasteiger partial charge in [0.15, 0.2) is 0 Å². The molecule has 0 radical (unpaired) electrons. The van der Waals surface area contributed by atoms with Gasteiger partial charge < -0.3 is 5.32 Å². The summed E-state index contributed by atoms with van der Waals surface area (Å²) in [6.07, 6.45) is 1.96. The van der Waals surface area contributed by atoms with E-state index >= 15 is 0 Å². The molecule has 2 N–H and O–H groups in total. The number of H-pyrrole nitrogens is 1. The summed E-state index contributed by atoms with van der Waals surface area (Å²) in [5, 5.41) is 14.8. The van der Waals surface area contributed by atoms with Crippen LogP contribution in [0.2, 0.25) is 0 Å². The molecule has 0 aliphatic heterocycles. The fraction of sp³-hybridized carbons (Fsp3) is 0.250. The van der Waals surface area contributed by atoms with Gasteiger partial charge in [0.2, 0.25) is 0 Å². The molecule has 0 amide bonds. The minimum absolute atomic E-state index is 0.265. The van der Waals surface area contributed by atoms with Crippen molar-refractivity contribution in [3.05, 3.63) is 59.8 Å². The largest absolute Gasteiger partial charge is 0.305 e. The van der Waals surface area contributed by atoms with E-state index < -0.39 is 0 Å². The van der Waals surface area contributed by atoms with E-state index in [1.807, 2.05) is 23.0 Å². The number of aromatic amines is 1. The van der Waals surface area contributed by atoms with Gasteiger partial charge in [-0.05, 0) is 31.2 Å². The molecule has 0 aliphatic carbocycles. The maximum absolute atomic E-state index is 13.7. The van der Waals surface area contributed by atoms with Gasteiger partial charge in [-0.2, -0.15) is 10.2 Å². The number of rotatable bonds is 6. The van der Waals surface area contributed by atoms with Gasteiger partial charge in [-0.1, -0.05) is 12.1 Å². The molecule has 6 heteroatoms. The zero-order valence-electron chi connectivity index (χ0n) is 12.4. The van der Waals surface area contributed by atoms with E-state index in [2.05, 4.69) is 27.5 Å². The van der Waals surface area contributed by atoms with Crippen molar-refractivity contribution in [1.29, 1.82) is 0 Å². The Labute approximate surface area is 128 Å². The van der Waals surface area contributed by atoms with Crippen LogP contribution in [0.1, 0.15) is 18.3 Å². The first-order valence-corrected chi connectivity index (χ1v) is 7.28. The zero-order valence-corrected chi connectivity index (χ0v) is 12.4. The molecule has 114 valence electrons. The minimum atomic E-state index is -0.265. The van der Waals surface area contributed by atoms with E-state index in [0.29, 0.717) is 24.3 Å². The number of aryl methyl sites for hydroxylation is 1. The summed E-state index contributed by atoms with van der Waals surface area (Å²) in [5.41, 5.74) is 3.03. The molecule has 0 unspecified atom stereocenters. The maximum Gasteiger partial charge on any atom is 0.132 e. The van der Waals surface area contributed by atoms with E-state index in [4.69, 9.17) is 0 Å². The van der Waals surface area contributed by atoms with Crippen molar-refractivity contribution in [2.75, 3.05) is 0 Å². The summed E-state index contributed by atoms with van der Waals surface area (Å²) in [4.78, 5) is 0. The highest BCUT2D eigenvalue weighted by molar-refractivity contribution is 5.59. The van der Waals surface area contributed by atoms with Crippen LogP contribution < -0.4 is 5.32 Å². The number of benzene rings is 1. The van der Waals surface area contributed by atoms with Crippen LogP contribution >= 0.6 is 0 Å². The molecule has 2 heterocycles. The van der Waals surface area contributed by atoms with Gasteiger partial charge in [0.25, 0.3) is 0 Å². The van der Waals surface area contributed by atoms with Gasteiger partial charge >= 0.3 is 0 Å². The average Bonchev–Trinajstić information content (AvgIpc) is 3.17. The van der Waals surface area contributed by atoms with Gasteiger partial charge in [0.1, 0.15) is 5.82 Å². The molecule has 5 nitrogen and oxygen atoms in total. The molecule has 0 fully saturated rings. The van der Waals surface area contributed by atoms with Gasteiger partial charge in [-0.15, -0.1) is 0 Å². The third-order valence-electron chi connectivity index (χ3n) is 3.42. The lowest BCUT2D eigenvalue weighted by Gasteiger charge is -2.00. The molecule has 2 aromatic heterocycles. The van der Waals surface area contributed by atoms with Crippen LogP contribution in [0.5, 0.6) is 0 Å². The molecular formula is C16H18FN5. The summed E-state index contributed by atoms with van der Waals surface area (Å²) in [6.45, 7) is 4.23. The van der Waals surface area contributed by atoms with Crippen molar-refractivity contribution >= 4 is 0 Å². The Hall–Kier alpha value is -2.47. The SMILES string of the molecule is CCn1ccc(CNCc2cc(-c3ccccc3F)n[nH]2)n1. The Morgan fingerprint density at radius 3 is 2.86 bits per heavy atom. The van der Waals surface area contributed by atoms with Crippen molar-refractivity contribution in [3.8, 4) is 11.3 Å². The van der Waals surface area contributed by atoms with Crippen molar-refractivity contribution < 1.29 is 4.39 Å². The predicted octanol–water partition coefficient (Wildman–Crippen LogP) is 2.72. The number of aromatic nitrogens is 4. The van der Waals surface area contributed by atoms with E-state index in [1.54, 1.807) is 18.2 Å². The Bertz CT molecular complexity index is 746. The summed E-state index contributed by atoms with van der Waals surface area (Å²) >= 11 is 0. The third-order valence-corrected chi connectivity index (χ3v) is 3.42. The molecule has 0 atom stereocenters. The first-order chi connectivity index (χ1) is 10.8. The van der Waals surface area contributed by atoms with Crippen LogP contribution in [0.15, 0.2) is 42.6 Å². The summed E-state index contributed by atoms with van der Waals surface area (Å²) in [6, 6.07) is 10.5. The number of nitrogens with zero attached hydrogens (tertiary/aromatic N) is 3. The highest BCUT2D eigenvalue weighted by Crippen LogP contribution is 2.20. The van der Waals surface area contributed by atoms with Crippen molar-refractivity contribution in [2.45, 2.75) is 26.6 Å². The number of hydrogen-bond donors (Lipinski definition) is 2. The predicted molar refractivity (Wildman–Crippen MR) is 82.4 cm³/mol. The summed E-state index contributed by atoms with van der Waals surface area (Å²) < 4.78 is 15.6. The molecule has 3 rings (SSSR count). The quantitative estimate of drug-likeness (QED) is 0.736. The fourth-order valence-electron chi connectivity index (χ4n) is 2.26. The Kier molecular flexibility index (Phi) is 4.29. The second-order valence-corrected chi connectivity index (χ2v) is 5.02.